The maximum atomic E-state index is 12.4. The molecule has 0 saturated heterocycles. The molecule has 5 heteroatoms. The molecule has 0 aliphatic heterocycles. The molecule has 0 fully saturated rings. The van der Waals surface area contributed by atoms with E-state index in [0.717, 1.165) is 16.6 Å². The summed E-state index contributed by atoms with van der Waals surface area (Å²) >= 11 is 0. The highest BCUT2D eigenvalue weighted by molar-refractivity contribution is 6.04. The molecule has 0 aliphatic rings. The number of carbonyl (C=O) groups excluding carboxylic acids is 1. The fourth-order valence-electron chi connectivity index (χ4n) is 2.64. The van der Waals surface area contributed by atoms with Gasteiger partial charge in [-0.05, 0) is 42.0 Å². The Hall–Kier alpha value is -3.60. The zero-order valence-corrected chi connectivity index (χ0v) is 14.0. The Morgan fingerprint density at radius 2 is 1.65 bits per heavy atom. The molecule has 26 heavy (non-hydrogen) atoms. The van der Waals surface area contributed by atoms with Crippen molar-refractivity contribution in [3.05, 3.63) is 90.0 Å². The van der Waals surface area contributed by atoms with Crippen LogP contribution in [0.5, 0.6) is 5.75 Å². The third-order valence-corrected chi connectivity index (χ3v) is 3.99. The van der Waals surface area contributed by atoms with Gasteiger partial charge in [0.15, 0.2) is 0 Å². The predicted octanol–water partition coefficient (Wildman–Crippen LogP) is 4.39. The van der Waals surface area contributed by atoms with Crippen molar-refractivity contribution in [3.8, 4) is 5.75 Å². The molecule has 0 saturated carbocycles. The molecule has 4 aromatic rings. The Bertz CT molecular complexity index is 991. The number of fused-ring (bicyclic) bond motifs is 1. The van der Waals surface area contributed by atoms with Crippen molar-refractivity contribution in [3.63, 3.8) is 0 Å². The summed E-state index contributed by atoms with van der Waals surface area (Å²) in [6.07, 6.45) is 0. The van der Waals surface area contributed by atoms with Crippen molar-refractivity contribution >= 4 is 22.9 Å². The number of H-pyrrole nitrogens is 1. The molecule has 0 unspecified atom stereocenters. The number of hydrogen-bond acceptors (Lipinski definition) is 3. The van der Waals surface area contributed by atoms with Gasteiger partial charge in [0.25, 0.3) is 5.91 Å². The molecule has 3 aromatic carbocycles. The van der Waals surface area contributed by atoms with Crippen molar-refractivity contribution in [2.45, 2.75) is 6.61 Å². The zero-order chi connectivity index (χ0) is 17.8. The van der Waals surface area contributed by atoms with Crippen LogP contribution < -0.4 is 10.1 Å². The van der Waals surface area contributed by atoms with Gasteiger partial charge in [0.2, 0.25) is 5.95 Å². The lowest BCUT2D eigenvalue weighted by atomic mass is 10.2. The standard InChI is InChI=1S/C21H17N3O2/c25-20(24-21-22-18-8-4-5-9-19(18)23-21)16-10-12-17(13-11-16)26-14-15-6-2-1-3-7-15/h1-13H,14H2,(H2,22,23,24,25). The minimum absolute atomic E-state index is 0.223. The van der Waals surface area contributed by atoms with Gasteiger partial charge in [-0.2, -0.15) is 0 Å². The summed E-state index contributed by atoms with van der Waals surface area (Å²) in [6, 6.07) is 24.6. The Kier molecular flexibility index (Phi) is 4.35. The molecular formula is C21H17N3O2. The van der Waals surface area contributed by atoms with Crippen molar-refractivity contribution in [2.75, 3.05) is 5.32 Å². The Balaban J connectivity index is 1.40. The highest BCUT2D eigenvalue weighted by atomic mass is 16.5. The minimum atomic E-state index is -0.223. The number of nitrogens with zero attached hydrogens (tertiary/aromatic N) is 1. The predicted molar refractivity (Wildman–Crippen MR) is 101 cm³/mol. The van der Waals surface area contributed by atoms with Crippen LogP contribution >= 0.6 is 0 Å². The van der Waals surface area contributed by atoms with E-state index in [-0.39, 0.29) is 5.91 Å². The number of ether oxygens (including phenoxy) is 1. The summed E-state index contributed by atoms with van der Waals surface area (Å²) in [5, 5.41) is 2.78. The average Bonchev–Trinajstić information content (AvgIpc) is 3.10. The number of amides is 1. The van der Waals surface area contributed by atoms with Gasteiger partial charge in [0.1, 0.15) is 12.4 Å². The quantitative estimate of drug-likeness (QED) is 0.564. The van der Waals surface area contributed by atoms with Gasteiger partial charge in [-0.3, -0.25) is 10.1 Å². The first-order valence-corrected chi connectivity index (χ1v) is 8.31. The second-order valence-corrected chi connectivity index (χ2v) is 5.86. The van der Waals surface area contributed by atoms with E-state index >= 15 is 0 Å². The molecule has 0 spiro atoms. The topological polar surface area (TPSA) is 67.0 Å². The van der Waals surface area contributed by atoms with Crippen LogP contribution in [0.3, 0.4) is 0 Å². The van der Waals surface area contributed by atoms with E-state index in [9.17, 15) is 4.79 Å². The van der Waals surface area contributed by atoms with Crippen LogP contribution in [0.15, 0.2) is 78.9 Å². The molecule has 1 amide bonds. The van der Waals surface area contributed by atoms with Crippen LogP contribution in [0.4, 0.5) is 5.95 Å². The number of para-hydroxylation sites is 2. The van der Waals surface area contributed by atoms with Crippen molar-refractivity contribution in [1.82, 2.24) is 9.97 Å². The van der Waals surface area contributed by atoms with E-state index in [4.69, 9.17) is 4.74 Å². The summed E-state index contributed by atoms with van der Waals surface area (Å²) in [4.78, 5) is 19.8. The smallest absolute Gasteiger partial charge is 0.257 e. The number of hydrogen-bond donors (Lipinski definition) is 2. The van der Waals surface area contributed by atoms with Gasteiger partial charge in [0, 0.05) is 5.56 Å². The van der Waals surface area contributed by atoms with Crippen LogP contribution in [0.2, 0.25) is 0 Å². The van der Waals surface area contributed by atoms with Crippen LogP contribution in [0.1, 0.15) is 15.9 Å². The largest absolute Gasteiger partial charge is 0.489 e. The van der Waals surface area contributed by atoms with Crippen LogP contribution in [-0.2, 0) is 6.61 Å². The van der Waals surface area contributed by atoms with Crippen molar-refractivity contribution < 1.29 is 9.53 Å². The number of nitrogens with one attached hydrogen (secondary N) is 2. The van der Waals surface area contributed by atoms with Gasteiger partial charge in [0.05, 0.1) is 11.0 Å². The second kappa shape index (κ2) is 7.11. The highest BCUT2D eigenvalue weighted by Gasteiger charge is 2.09. The van der Waals surface area contributed by atoms with E-state index in [1.165, 1.54) is 0 Å². The lowest BCUT2D eigenvalue weighted by molar-refractivity contribution is 0.102. The highest BCUT2D eigenvalue weighted by Crippen LogP contribution is 2.17. The SMILES string of the molecule is O=C(Nc1nc2ccccc2[nH]1)c1ccc(OCc2ccccc2)cc1. The molecule has 1 aromatic heterocycles. The summed E-state index contributed by atoms with van der Waals surface area (Å²) < 4.78 is 5.73. The van der Waals surface area contributed by atoms with E-state index in [1.807, 2.05) is 54.6 Å². The molecule has 2 N–H and O–H groups in total. The maximum absolute atomic E-state index is 12.4. The second-order valence-electron chi connectivity index (χ2n) is 5.86. The van der Waals surface area contributed by atoms with E-state index in [0.29, 0.717) is 23.9 Å². The normalized spacial score (nSPS) is 10.6. The third kappa shape index (κ3) is 3.57. The summed E-state index contributed by atoms with van der Waals surface area (Å²) in [7, 11) is 0. The van der Waals surface area contributed by atoms with E-state index < -0.39 is 0 Å². The number of anilines is 1. The molecule has 4 rings (SSSR count). The molecule has 0 bridgehead atoms. The number of aromatic nitrogens is 2. The number of carbonyl (C=O) groups is 1. The first kappa shape index (κ1) is 15.9. The molecule has 1 heterocycles. The third-order valence-electron chi connectivity index (χ3n) is 3.99. The molecule has 128 valence electrons. The molecule has 5 nitrogen and oxygen atoms in total. The van der Waals surface area contributed by atoms with Crippen LogP contribution in [0, 0.1) is 0 Å². The minimum Gasteiger partial charge on any atom is -0.489 e. The van der Waals surface area contributed by atoms with Crippen LogP contribution in [-0.4, -0.2) is 15.9 Å². The number of imidazole rings is 1. The van der Waals surface area contributed by atoms with Crippen molar-refractivity contribution in [2.24, 2.45) is 0 Å². The summed E-state index contributed by atoms with van der Waals surface area (Å²) in [5.41, 5.74) is 3.33. The Morgan fingerprint density at radius 3 is 2.42 bits per heavy atom. The van der Waals surface area contributed by atoms with Gasteiger partial charge < -0.3 is 9.72 Å². The first-order valence-electron chi connectivity index (χ1n) is 8.31. The fraction of sp³-hybridized carbons (Fsp3) is 0.0476. The first-order chi connectivity index (χ1) is 12.8. The van der Waals surface area contributed by atoms with Crippen LogP contribution in [0.25, 0.3) is 11.0 Å². The van der Waals surface area contributed by atoms with E-state index in [2.05, 4.69) is 15.3 Å². The fourth-order valence-corrected chi connectivity index (χ4v) is 2.64. The summed E-state index contributed by atoms with van der Waals surface area (Å²) in [5.74, 6) is 0.924. The molecule has 0 atom stereocenters. The lowest BCUT2D eigenvalue weighted by Crippen LogP contribution is -2.12. The summed E-state index contributed by atoms with van der Waals surface area (Å²) in [6.45, 7) is 0.491. The Labute approximate surface area is 150 Å². The zero-order valence-electron chi connectivity index (χ0n) is 14.0. The van der Waals surface area contributed by atoms with Gasteiger partial charge in [-0.15, -0.1) is 0 Å². The monoisotopic (exact) mass is 343 g/mol. The Morgan fingerprint density at radius 1 is 0.923 bits per heavy atom. The van der Waals surface area contributed by atoms with E-state index in [1.54, 1.807) is 24.3 Å². The maximum Gasteiger partial charge on any atom is 0.257 e. The molecular weight excluding hydrogens is 326 g/mol. The van der Waals surface area contributed by atoms with Gasteiger partial charge in [-0.1, -0.05) is 42.5 Å². The molecule has 0 aliphatic carbocycles. The van der Waals surface area contributed by atoms with Gasteiger partial charge in [-0.25, -0.2) is 4.98 Å². The average molecular weight is 343 g/mol. The lowest BCUT2D eigenvalue weighted by Gasteiger charge is -2.07. The number of benzene rings is 3. The number of rotatable bonds is 5. The van der Waals surface area contributed by atoms with Gasteiger partial charge >= 0.3 is 0 Å². The molecule has 0 radical (unpaired) electrons. The number of aromatic amines is 1. The van der Waals surface area contributed by atoms with Crippen molar-refractivity contribution in [1.29, 1.82) is 0 Å².